The number of nitrogens with zero attached hydrogens (tertiary/aromatic N) is 2. The molecule has 3 rings (SSSR count). The number of nitrogens with two attached hydrogens (primary N) is 3. The molecule has 1 aromatic rings. The van der Waals surface area contributed by atoms with E-state index in [0.717, 1.165) is 12.0 Å². The molecule has 2 heterocycles. The minimum atomic E-state index is -0.884. The summed E-state index contributed by atoms with van der Waals surface area (Å²) in [6, 6.07) is 7.97. The second kappa shape index (κ2) is 10.1. The molecule has 3 atom stereocenters. The molecule has 31 heavy (non-hydrogen) atoms. The van der Waals surface area contributed by atoms with Crippen LogP contribution in [0.5, 0.6) is 0 Å². The molecule has 2 fully saturated rings. The van der Waals surface area contributed by atoms with Gasteiger partial charge >= 0.3 is 0 Å². The molecule has 0 spiro atoms. The number of rotatable bonds is 10. The van der Waals surface area contributed by atoms with Gasteiger partial charge in [-0.3, -0.25) is 14.6 Å². The van der Waals surface area contributed by atoms with Crippen LogP contribution in [0.4, 0.5) is 0 Å². The lowest BCUT2D eigenvalue weighted by molar-refractivity contribution is -0.139. The van der Waals surface area contributed by atoms with E-state index in [1.807, 2.05) is 30.3 Å². The van der Waals surface area contributed by atoms with Crippen molar-refractivity contribution in [1.29, 1.82) is 0 Å². The molecule has 0 unspecified atom stereocenters. The van der Waals surface area contributed by atoms with E-state index in [9.17, 15) is 9.59 Å². The molecule has 10 heteroatoms. The number of carbonyl (C=O) groups excluding carboxylic acids is 2. The minimum Gasteiger partial charge on any atom is -0.370 e. The summed E-state index contributed by atoms with van der Waals surface area (Å²) in [5.41, 5.74) is 17.9. The molecule has 2 amide bonds. The lowest BCUT2D eigenvalue weighted by Crippen LogP contribution is -2.55. The normalized spacial score (nSPS) is 21.2. The van der Waals surface area contributed by atoms with Crippen molar-refractivity contribution in [1.82, 2.24) is 10.2 Å². The Bertz CT molecular complexity index is 794. The first-order chi connectivity index (χ1) is 14.8. The summed E-state index contributed by atoms with van der Waals surface area (Å²) in [6.07, 6.45) is 2.97. The number of hydrogen-bond donors (Lipinski definition) is 4. The van der Waals surface area contributed by atoms with Gasteiger partial charge < -0.3 is 27.4 Å². The Morgan fingerprint density at radius 1 is 1.29 bits per heavy atom. The Morgan fingerprint density at radius 2 is 2.00 bits per heavy atom. The zero-order valence-electron chi connectivity index (χ0n) is 17.8. The Balaban J connectivity index is 1.58. The Hall–Kier alpha value is -2.69. The van der Waals surface area contributed by atoms with Crippen LogP contribution in [0.1, 0.15) is 38.2 Å². The summed E-state index contributed by atoms with van der Waals surface area (Å²) in [6.45, 7) is 2.71. The van der Waals surface area contributed by atoms with Crippen LogP contribution in [0, 0.1) is 0 Å². The fourth-order valence-electron chi connectivity index (χ4n) is 3.89. The number of benzene rings is 1. The number of likely N-dealkylation sites (tertiary alicyclic amines) is 1. The van der Waals surface area contributed by atoms with Crippen LogP contribution in [0.2, 0.25) is 0 Å². The highest BCUT2D eigenvalue weighted by Crippen LogP contribution is 2.35. The first kappa shape index (κ1) is 23.0. The minimum absolute atomic E-state index is 0.0256. The first-order valence-corrected chi connectivity index (χ1v) is 10.6. The van der Waals surface area contributed by atoms with E-state index >= 15 is 0 Å². The van der Waals surface area contributed by atoms with Crippen molar-refractivity contribution in [2.45, 2.75) is 62.9 Å². The van der Waals surface area contributed by atoms with Gasteiger partial charge in [-0.1, -0.05) is 30.3 Å². The van der Waals surface area contributed by atoms with Gasteiger partial charge in [-0.15, -0.1) is 0 Å². The van der Waals surface area contributed by atoms with Gasteiger partial charge in [0.25, 0.3) is 5.79 Å². The van der Waals surface area contributed by atoms with E-state index in [1.165, 1.54) is 0 Å². The van der Waals surface area contributed by atoms with Gasteiger partial charge in [0.1, 0.15) is 6.04 Å². The molecule has 2 aliphatic rings. The number of hydrogen-bond acceptors (Lipinski definition) is 6. The monoisotopic (exact) mass is 432 g/mol. The average molecular weight is 433 g/mol. The zero-order chi connectivity index (χ0) is 22.4. The van der Waals surface area contributed by atoms with Crippen molar-refractivity contribution in [3.63, 3.8) is 0 Å². The number of aliphatic imine (C=N–C) groups is 1. The smallest absolute Gasteiger partial charge is 0.251 e. The molecule has 0 aromatic heterocycles. The summed E-state index contributed by atoms with van der Waals surface area (Å²) < 4.78 is 0. The number of guanidine groups is 1. The van der Waals surface area contributed by atoms with Crippen molar-refractivity contribution in [2.75, 3.05) is 13.1 Å². The standard InChI is InChI=1S/C21H32N6O4/c1-21(30-31-21)17(10-5-11-25-20(23)24)26-18(28)16-9-6-12-27(16)19(29)15(22)13-14-7-3-2-4-8-14/h2-4,7-8,15-17H,5-6,9-13,22H2,1H3,(H,26,28)(H4,23,24,25)/t15-,16+,17+/m1/s1. The zero-order valence-corrected chi connectivity index (χ0v) is 17.8. The highest BCUT2D eigenvalue weighted by molar-refractivity contribution is 5.90. The van der Waals surface area contributed by atoms with Gasteiger partial charge in [0.2, 0.25) is 11.8 Å². The lowest BCUT2D eigenvalue weighted by Gasteiger charge is -2.28. The molecule has 10 nitrogen and oxygen atoms in total. The van der Waals surface area contributed by atoms with Crippen LogP contribution >= 0.6 is 0 Å². The van der Waals surface area contributed by atoms with Crippen LogP contribution < -0.4 is 22.5 Å². The number of nitrogens with one attached hydrogen (secondary N) is 1. The predicted molar refractivity (Wildman–Crippen MR) is 115 cm³/mol. The Labute approximate surface area is 182 Å². The maximum absolute atomic E-state index is 13.0. The molecule has 2 saturated heterocycles. The van der Waals surface area contributed by atoms with Crippen molar-refractivity contribution in [2.24, 2.45) is 22.2 Å². The molecule has 0 bridgehead atoms. The molecule has 7 N–H and O–H groups in total. The average Bonchev–Trinajstić information content (AvgIpc) is 3.30. The fraction of sp³-hybridized carbons (Fsp3) is 0.571. The Morgan fingerprint density at radius 3 is 2.65 bits per heavy atom. The molecule has 0 radical (unpaired) electrons. The van der Waals surface area contributed by atoms with E-state index in [-0.39, 0.29) is 23.8 Å². The summed E-state index contributed by atoms with van der Waals surface area (Å²) in [5.74, 6) is -1.30. The van der Waals surface area contributed by atoms with E-state index < -0.39 is 17.9 Å². The van der Waals surface area contributed by atoms with Crippen LogP contribution in [-0.2, 0) is 25.8 Å². The van der Waals surface area contributed by atoms with E-state index in [0.29, 0.717) is 38.8 Å². The third kappa shape index (κ3) is 6.16. The van der Waals surface area contributed by atoms with Crippen molar-refractivity contribution in [3.8, 4) is 0 Å². The highest BCUT2D eigenvalue weighted by atomic mass is 17.4. The molecule has 170 valence electrons. The quantitative estimate of drug-likeness (QED) is 0.130. The van der Waals surface area contributed by atoms with Gasteiger partial charge in [-0.25, -0.2) is 0 Å². The van der Waals surface area contributed by atoms with Gasteiger partial charge in [0.15, 0.2) is 5.96 Å². The third-order valence-corrected chi connectivity index (χ3v) is 5.70. The van der Waals surface area contributed by atoms with Gasteiger partial charge in [-0.2, -0.15) is 9.78 Å². The molecule has 0 saturated carbocycles. The fourth-order valence-corrected chi connectivity index (χ4v) is 3.89. The highest BCUT2D eigenvalue weighted by Gasteiger charge is 2.52. The molecule has 0 aliphatic carbocycles. The van der Waals surface area contributed by atoms with Crippen molar-refractivity contribution in [3.05, 3.63) is 35.9 Å². The maximum Gasteiger partial charge on any atom is 0.251 e. The maximum atomic E-state index is 13.0. The van der Waals surface area contributed by atoms with Crippen LogP contribution in [0.3, 0.4) is 0 Å². The molecular weight excluding hydrogens is 400 g/mol. The van der Waals surface area contributed by atoms with E-state index in [4.69, 9.17) is 27.0 Å². The summed E-state index contributed by atoms with van der Waals surface area (Å²) in [4.78, 5) is 41.7. The van der Waals surface area contributed by atoms with Crippen molar-refractivity contribution >= 4 is 17.8 Å². The predicted octanol–water partition coefficient (Wildman–Crippen LogP) is -0.236. The van der Waals surface area contributed by atoms with Crippen LogP contribution in [0.25, 0.3) is 0 Å². The van der Waals surface area contributed by atoms with E-state index in [1.54, 1.807) is 11.8 Å². The van der Waals surface area contributed by atoms with Crippen molar-refractivity contribution < 1.29 is 19.4 Å². The third-order valence-electron chi connectivity index (χ3n) is 5.70. The number of carbonyl (C=O) groups is 2. The van der Waals surface area contributed by atoms with Gasteiger partial charge in [-0.05, 0) is 44.6 Å². The summed E-state index contributed by atoms with van der Waals surface area (Å²) >= 11 is 0. The van der Waals surface area contributed by atoms with Crippen LogP contribution in [-0.4, -0.2) is 59.7 Å². The van der Waals surface area contributed by atoms with Gasteiger partial charge in [0.05, 0.1) is 12.1 Å². The van der Waals surface area contributed by atoms with Gasteiger partial charge in [0, 0.05) is 13.1 Å². The Kier molecular flexibility index (Phi) is 7.47. The number of amides is 2. The largest absolute Gasteiger partial charge is 0.370 e. The molecule has 1 aromatic carbocycles. The topological polar surface area (TPSA) is 165 Å². The second-order valence-electron chi connectivity index (χ2n) is 8.18. The second-order valence-corrected chi connectivity index (χ2v) is 8.18. The molecular formula is C21H32N6O4. The summed E-state index contributed by atoms with van der Waals surface area (Å²) in [7, 11) is 0. The first-order valence-electron chi connectivity index (χ1n) is 10.6. The SMILES string of the molecule is CC1([C@H](CCCN=C(N)N)NC(=O)[C@@H]2CCCN2C(=O)[C@H](N)Cc2ccccc2)OO1. The van der Waals surface area contributed by atoms with E-state index in [2.05, 4.69) is 10.3 Å². The summed E-state index contributed by atoms with van der Waals surface area (Å²) in [5, 5.41) is 2.99. The van der Waals surface area contributed by atoms with Crippen LogP contribution in [0.15, 0.2) is 35.3 Å². The molecule has 2 aliphatic heterocycles. The lowest BCUT2D eigenvalue weighted by atomic mass is 10.0.